The van der Waals surface area contributed by atoms with Gasteiger partial charge in [0.25, 0.3) is 0 Å². The molecule has 2 aromatic rings. The van der Waals surface area contributed by atoms with Crippen molar-refractivity contribution < 1.29 is 22.4 Å². The van der Waals surface area contributed by atoms with Crippen LogP contribution < -0.4 is 10.2 Å². The number of rotatable bonds is 5. The SMILES string of the molecule is C[C@@H](CC(=O)N1CCN(c2ccccc2F)CC1)S(=O)(=O)c1ccc2c(c1)NC(=O)CCS2. The predicted molar refractivity (Wildman–Crippen MR) is 127 cm³/mol. The van der Waals surface area contributed by atoms with Crippen LogP contribution in [0, 0.1) is 5.82 Å². The molecule has 176 valence electrons. The van der Waals surface area contributed by atoms with Crippen LogP contribution in [-0.4, -0.2) is 62.3 Å². The van der Waals surface area contributed by atoms with E-state index < -0.39 is 15.1 Å². The van der Waals surface area contributed by atoms with Gasteiger partial charge in [-0.15, -0.1) is 11.8 Å². The number of anilines is 2. The molecule has 0 aliphatic carbocycles. The highest BCUT2D eigenvalue weighted by atomic mass is 32.2. The first-order valence-corrected chi connectivity index (χ1v) is 13.4. The number of benzene rings is 2. The monoisotopic (exact) mass is 491 g/mol. The van der Waals surface area contributed by atoms with E-state index in [1.54, 1.807) is 29.2 Å². The standard InChI is InChI=1S/C23H26FN3O4S2/c1-16(33(30,31)17-6-7-21-19(15-17)25-22(28)8-13-32-21)14-23(29)27-11-9-26(10-12-27)20-5-3-2-4-18(20)24/h2-7,15-16H,8-14H2,1H3,(H,25,28)/t16-/m0/s1. The molecule has 2 aliphatic heterocycles. The van der Waals surface area contributed by atoms with E-state index >= 15 is 0 Å². The molecule has 2 aromatic carbocycles. The van der Waals surface area contributed by atoms with Crippen molar-refractivity contribution in [2.45, 2.75) is 34.8 Å². The maximum Gasteiger partial charge on any atom is 0.225 e. The van der Waals surface area contributed by atoms with Crippen molar-refractivity contribution in [3.63, 3.8) is 0 Å². The van der Waals surface area contributed by atoms with Gasteiger partial charge in [-0.3, -0.25) is 9.59 Å². The summed E-state index contributed by atoms with van der Waals surface area (Å²) in [5.41, 5.74) is 1.00. The van der Waals surface area contributed by atoms with Gasteiger partial charge < -0.3 is 15.1 Å². The molecule has 0 aromatic heterocycles. The Labute approximate surface area is 197 Å². The third-order valence-corrected chi connectivity index (χ3v) is 9.17. The summed E-state index contributed by atoms with van der Waals surface area (Å²) < 4.78 is 40.3. The van der Waals surface area contributed by atoms with Gasteiger partial charge in [-0.25, -0.2) is 12.8 Å². The predicted octanol–water partition coefficient (Wildman–Crippen LogP) is 3.16. The van der Waals surface area contributed by atoms with Gasteiger partial charge >= 0.3 is 0 Å². The number of carbonyl (C=O) groups is 2. The molecule has 0 unspecified atom stereocenters. The lowest BCUT2D eigenvalue weighted by molar-refractivity contribution is -0.131. The number of para-hydroxylation sites is 1. The third kappa shape index (κ3) is 5.16. The quantitative estimate of drug-likeness (QED) is 0.692. The van der Waals surface area contributed by atoms with E-state index in [1.165, 1.54) is 36.9 Å². The first-order chi connectivity index (χ1) is 15.8. The van der Waals surface area contributed by atoms with Crippen LogP contribution in [0.25, 0.3) is 0 Å². The van der Waals surface area contributed by atoms with E-state index in [2.05, 4.69) is 5.32 Å². The second kappa shape index (κ2) is 9.72. The van der Waals surface area contributed by atoms with Crippen LogP contribution in [0.2, 0.25) is 0 Å². The minimum atomic E-state index is -3.76. The topological polar surface area (TPSA) is 86.8 Å². The molecule has 2 heterocycles. The molecule has 1 atom stereocenters. The summed E-state index contributed by atoms with van der Waals surface area (Å²) in [6, 6.07) is 11.2. The number of hydrogen-bond acceptors (Lipinski definition) is 6. The molecule has 7 nitrogen and oxygen atoms in total. The summed E-state index contributed by atoms with van der Waals surface area (Å²) in [5.74, 6) is -0.0428. The molecule has 2 amide bonds. The van der Waals surface area contributed by atoms with Crippen LogP contribution in [0.4, 0.5) is 15.8 Å². The largest absolute Gasteiger partial charge is 0.366 e. The number of carbonyl (C=O) groups excluding carboxylic acids is 2. The Morgan fingerprint density at radius 1 is 1.15 bits per heavy atom. The number of piperazine rings is 1. The summed E-state index contributed by atoms with van der Waals surface area (Å²) in [7, 11) is -3.76. The Hall–Kier alpha value is -2.59. The lowest BCUT2D eigenvalue weighted by Gasteiger charge is -2.36. The summed E-state index contributed by atoms with van der Waals surface area (Å²) in [6.45, 7) is 3.30. The Morgan fingerprint density at radius 2 is 1.88 bits per heavy atom. The van der Waals surface area contributed by atoms with Crippen molar-refractivity contribution >= 4 is 44.8 Å². The van der Waals surface area contributed by atoms with E-state index in [0.717, 1.165) is 4.90 Å². The van der Waals surface area contributed by atoms with Gasteiger partial charge in [0, 0.05) is 49.7 Å². The second-order valence-electron chi connectivity index (χ2n) is 8.18. The Bertz CT molecular complexity index is 1160. The smallest absolute Gasteiger partial charge is 0.225 e. The van der Waals surface area contributed by atoms with Crippen molar-refractivity contribution in [2.75, 3.05) is 42.1 Å². The average molecular weight is 492 g/mol. The van der Waals surface area contributed by atoms with Crippen LogP contribution in [0.5, 0.6) is 0 Å². The number of fused-ring (bicyclic) bond motifs is 1. The van der Waals surface area contributed by atoms with Crippen molar-refractivity contribution in [3.8, 4) is 0 Å². The maximum absolute atomic E-state index is 14.0. The van der Waals surface area contributed by atoms with Crippen molar-refractivity contribution in [1.82, 2.24) is 4.90 Å². The minimum absolute atomic E-state index is 0.0914. The van der Waals surface area contributed by atoms with Crippen LogP contribution in [-0.2, 0) is 19.4 Å². The Kier molecular flexibility index (Phi) is 6.94. The van der Waals surface area contributed by atoms with Gasteiger partial charge in [-0.1, -0.05) is 12.1 Å². The molecular formula is C23H26FN3O4S2. The highest BCUT2D eigenvalue weighted by molar-refractivity contribution is 7.99. The number of nitrogens with one attached hydrogen (secondary N) is 1. The molecule has 0 bridgehead atoms. The molecule has 1 saturated heterocycles. The number of sulfone groups is 1. The molecule has 1 N–H and O–H groups in total. The molecule has 33 heavy (non-hydrogen) atoms. The Morgan fingerprint density at radius 3 is 2.61 bits per heavy atom. The van der Waals surface area contributed by atoms with Gasteiger partial charge in [-0.2, -0.15) is 0 Å². The lowest BCUT2D eigenvalue weighted by atomic mass is 10.2. The van der Waals surface area contributed by atoms with E-state index in [1.807, 2.05) is 4.90 Å². The number of nitrogens with zero attached hydrogens (tertiary/aromatic N) is 2. The van der Waals surface area contributed by atoms with Crippen LogP contribution in [0.3, 0.4) is 0 Å². The molecule has 0 saturated carbocycles. The minimum Gasteiger partial charge on any atom is -0.366 e. The fourth-order valence-electron chi connectivity index (χ4n) is 4.00. The number of thioether (sulfide) groups is 1. The first kappa shape index (κ1) is 23.6. The van der Waals surface area contributed by atoms with Gasteiger partial charge in [0.2, 0.25) is 11.8 Å². The Balaban J connectivity index is 1.40. The molecule has 10 heteroatoms. The molecule has 2 aliphatic rings. The second-order valence-corrected chi connectivity index (χ2v) is 11.7. The summed E-state index contributed by atoms with van der Waals surface area (Å²) >= 11 is 1.50. The zero-order valence-electron chi connectivity index (χ0n) is 18.3. The normalized spacial score (nSPS) is 17.7. The van der Waals surface area contributed by atoms with Gasteiger partial charge in [-0.05, 0) is 37.3 Å². The number of halogens is 1. The molecule has 4 rings (SSSR count). The van der Waals surface area contributed by atoms with Crippen LogP contribution >= 0.6 is 11.8 Å². The van der Waals surface area contributed by atoms with Gasteiger partial charge in [0.05, 0.1) is 21.5 Å². The molecular weight excluding hydrogens is 465 g/mol. The van der Waals surface area contributed by atoms with Gasteiger partial charge in [0.15, 0.2) is 9.84 Å². The average Bonchev–Trinajstić information content (AvgIpc) is 2.99. The molecule has 1 fully saturated rings. The van der Waals surface area contributed by atoms with Crippen LogP contribution in [0.1, 0.15) is 19.8 Å². The van der Waals surface area contributed by atoms with Gasteiger partial charge in [0.1, 0.15) is 5.82 Å². The van der Waals surface area contributed by atoms with E-state index in [-0.39, 0.29) is 28.9 Å². The van der Waals surface area contributed by atoms with E-state index in [4.69, 9.17) is 0 Å². The lowest BCUT2D eigenvalue weighted by Crippen LogP contribution is -2.49. The number of hydrogen-bond donors (Lipinski definition) is 1. The third-order valence-electron chi connectivity index (χ3n) is 5.96. The molecule has 0 radical (unpaired) electrons. The zero-order valence-corrected chi connectivity index (χ0v) is 19.9. The van der Waals surface area contributed by atoms with E-state index in [9.17, 15) is 22.4 Å². The van der Waals surface area contributed by atoms with Crippen LogP contribution in [0.15, 0.2) is 52.3 Å². The number of amides is 2. The summed E-state index contributed by atoms with van der Waals surface area (Å²) in [5, 5.41) is 1.84. The van der Waals surface area contributed by atoms with E-state index in [0.29, 0.717) is 49.7 Å². The van der Waals surface area contributed by atoms with Crippen molar-refractivity contribution in [3.05, 3.63) is 48.3 Å². The fraction of sp³-hybridized carbons (Fsp3) is 0.391. The highest BCUT2D eigenvalue weighted by Crippen LogP contribution is 2.33. The zero-order chi connectivity index (χ0) is 23.6. The summed E-state index contributed by atoms with van der Waals surface area (Å²) in [6.07, 6.45) is 0.233. The highest BCUT2D eigenvalue weighted by Gasteiger charge is 2.30. The van der Waals surface area contributed by atoms with Crippen molar-refractivity contribution in [1.29, 1.82) is 0 Å². The fourth-order valence-corrected chi connectivity index (χ4v) is 6.30. The van der Waals surface area contributed by atoms with Crippen molar-refractivity contribution in [2.24, 2.45) is 0 Å². The molecule has 0 spiro atoms. The first-order valence-electron chi connectivity index (χ1n) is 10.8. The maximum atomic E-state index is 14.0. The summed E-state index contributed by atoms with van der Waals surface area (Å²) in [4.78, 5) is 29.1.